The van der Waals surface area contributed by atoms with Gasteiger partial charge in [0, 0.05) is 28.8 Å². The number of hydrogen-bond donors (Lipinski definition) is 1. The van der Waals surface area contributed by atoms with Gasteiger partial charge < -0.3 is 14.8 Å². The molecule has 4 aromatic carbocycles. The summed E-state index contributed by atoms with van der Waals surface area (Å²) in [6, 6.07) is 32.0. The number of fused-ring (bicyclic) bond motifs is 1. The third-order valence-electron chi connectivity index (χ3n) is 7.99. The normalized spacial score (nSPS) is 18.0. The molecule has 4 aromatic rings. The van der Waals surface area contributed by atoms with Crippen molar-refractivity contribution in [2.75, 3.05) is 23.9 Å². The lowest BCUT2D eigenvalue weighted by molar-refractivity contribution is -0.116. The molecule has 1 aliphatic carbocycles. The molecule has 6 nitrogen and oxygen atoms in total. The highest BCUT2D eigenvalue weighted by molar-refractivity contribution is 6.12. The Labute approximate surface area is 246 Å². The van der Waals surface area contributed by atoms with Crippen molar-refractivity contribution in [2.24, 2.45) is 0 Å². The first-order valence-electron chi connectivity index (χ1n) is 14.5. The van der Waals surface area contributed by atoms with Crippen LogP contribution in [0.2, 0.25) is 0 Å². The number of carbonyl (C=O) groups is 2. The molecule has 2 atom stereocenters. The van der Waals surface area contributed by atoms with Crippen molar-refractivity contribution in [1.29, 1.82) is 0 Å². The van der Waals surface area contributed by atoms with Gasteiger partial charge in [-0.25, -0.2) is 0 Å². The number of benzene rings is 4. The van der Waals surface area contributed by atoms with E-state index in [4.69, 9.17) is 9.47 Å². The van der Waals surface area contributed by atoms with Crippen LogP contribution >= 0.6 is 0 Å². The molecule has 212 valence electrons. The van der Waals surface area contributed by atoms with E-state index in [-0.39, 0.29) is 17.6 Å². The number of hydrogen-bond acceptors (Lipinski definition) is 5. The predicted molar refractivity (Wildman–Crippen MR) is 165 cm³/mol. The minimum Gasteiger partial charge on any atom is -0.497 e. The summed E-state index contributed by atoms with van der Waals surface area (Å²) in [4.78, 5) is 30.6. The van der Waals surface area contributed by atoms with Gasteiger partial charge in [-0.3, -0.25) is 14.5 Å². The van der Waals surface area contributed by atoms with Crippen molar-refractivity contribution in [3.05, 3.63) is 131 Å². The van der Waals surface area contributed by atoms with E-state index in [0.29, 0.717) is 42.0 Å². The van der Waals surface area contributed by atoms with Gasteiger partial charge in [0.15, 0.2) is 5.78 Å². The van der Waals surface area contributed by atoms with E-state index in [9.17, 15) is 9.59 Å². The van der Waals surface area contributed by atoms with Gasteiger partial charge in [0.25, 0.3) is 5.91 Å². The quantitative estimate of drug-likeness (QED) is 0.252. The molecular formula is C36H34N2O4. The van der Waals surface area contributed by atoms with Gasteiger partial charge in [-0.15, -0.1) is 0 Å². The Morgan fingerprint density at radius 1 is 0.881 bits per heavy atom. The van der Waals surface area contributed by atoms with E-state index in [1.54, 1.807) is 12.0 Å². The second-order valence-electron chi connectivity index (χ2n) is 10.7. The number of carbonyl (C=O) groups excluding carboxylic acids is 2. The van der Waals surface area contributed by atoms with E-state index >= 15 is 0 Å². The summed E-state index contributed by atoms with van der Waals surface area (Å²) in [5, 5.41) is 3.61. The maximum atomic E-state index is 14.5. The van der Waals surface area contributed by atoms with Crippen LogP contribution in [0.5, 0.6) is 11.5 Å². The van der Waals surface area contributed by atoms with Crippen molar-refractivity contribution in [2.45, 2.75) is 38.1 Å². The minimum absolute atomic E-state index is 0.00886. The van der Waals surface area contributed by atoms with Crippen molar-refractivity contribution in [3.8, 4) is 11.5 Å². The average molecular weight is 559 g/mol. The summed E-state index contributed by atoms with van der Waals surface area (Å²) in [5.74, 6) is 1.27. The van der Waals surface area contributed by atoms with Crippen LogP contribution in [0.25, 0.3) is 0 Å². The summed E-state index contributed by atoms with van der Waals surface area (Å²) in [6.45, 7) is 2.59. The van der Waals surface area contributed by atoms with E-state index in [2.05, 4.69) is 12.2 Å². The van der Waals surface area contributed by atoms with Crippen molar-refractivity contribution < 1.29 is 19.1 Å². The maximum Gasteiger partial charge on any atom is 0.259 e. The monoisotopic (exact) mass is 558 g/mol. The van der Waals surface area contributed by atoms with Gasteiger partial charge in [0.05, 0.1) is 31.1 Å². The standard InChI is InChI=1S/C36H34N2O4/c1-3-21-42-33-16-10-7-13-28(33)35-34-30(22-26(23-32(34)39)24-17-19-27(41-2)20-18-24)37-29-14-8-9-15-31(29)38(35)36(40)25-11-5-4-6-12-25/h4-20,26,35,37H,3,21-23H2,1-2H3/t26-,35-/m0/s1. The number of ketones is 1. The molecule has 42 heavy (non-hydrogen) atoms. The number of amides is 1. The molecule has 0 saturated heterocycles. The highest BCUT2D eigenvalue weighted by Gasteiger charge is 2.42. The Balaban J connectivity index is 1.55. The molecule has 0 bridgehead atoms. The minimum atomic E-state index is -0.679. The number of anilines is 2. The molecule has 1 amide bonds. The fraction of sp³-hybridized carbons (Fsp3) is 0.222. The molecule has 0 saturated carbocycles. The zero-order valence-electron chi connectivity index (χ0n) is 23.9. The Morgan fingerprint density at radius 2 is 1.60 bits per heavy atom. The van der Waals surface area contributed by atoms with Crippen LogP contribution in [-0.2, 0) is 4.79 Å². The molecule has 6 rings (SSSR count). The largest absolute Gasteiger partial charge is 0.497 e. The lowest BCUT2D eigenvalue weighted by atomic mass is 9.78. The smallest absolute Gasteiger partial charge is 0.259 e. The van der Waals surface area contributed by atoms with E-state index < -0.39 is 6.04 Å². The van der Waals surface area contributed by atoms with Gasteiger partial charge in [-0.2, -0.15) is 0 Å². The second-order valence-corrected chi connectivity index (χ2v) is 10.7. The molecule has 1 N–H and O–H groups in total. The van der Waals surface area contributed by atoms with Gasteiger partial charge in [0.2, 0.25) is 0 Å². The first-order valence-corrected chi connectivity index (χ1v) is 14.5. The Bertz CT molecular complexity index is 1630. The van der Waals surface area contributed by atoms with Crippen LogP contribution < -0.4 is 19.7 Å². The van der Waals surface area contributed by atoms with Crippen LogP contribution in [0.4, 0.5) is 11.4 Å². The lowest BCUT2D eigenvalue weighted by Gasteiger charge is -2.36. The highest BCUT2D eigenvalue weighted by Crippen LogP contribution is 2.49. The molecule has 2 aliphatic rings. The second kappa shape index (κ2) is 12.0. The summed E-state index contributed by atoms with van der Waals surface area (Å²) >= 11 is 0. The van der Waals surface area contributed by atoms with Crippen molar-refractivity contribution >= 4 is 23.1 Å². The number of ether oxygens (including phenoxy) is 2. The van der Waals surface area contributed by atoms with Gasteiger partial charge >= 0.3 is 0 Å². The van der Waals surface area contributed by atoms with Crippen LogP contribution in [0.15, 0.2) is 114 Å². The number of para-hydroxylation sites is 3. The average Bonchev–Trinajstić information content (AvgIpc) is 3.18. The predicted octanol–water partition coefficient (Wildman–Crippen LogP) is 7.70. The van der Waals surface area contributed by atoms with E-state index in [1.807, 2.05) is 103 Å². The number of nitrogens with one attached hydrogen (secondary N) is 1. The fourth-order valence-corrected chi connectivity index (χ4v) is 5.99. The van der Waals surface area contributed by atoms with Crippen LogP contribution in [0, 0.1) is 0 Å². The third kappa shape index (κ3) is 5.16. The zero-order valence-corrected chi connectivity index (χ0v) is 23.9. The molecule has 6 heteroatoms. The van der Waals surface area contributed by atoms with Crippen molar-refractivity contribution in [1.82, 2.24) is 0 Å². The summed E-state index contributed by atoms with van der Waals surface area (Å²) in [6.07, 6.45) is 1.81. The number of allylic oxidation sites excluding steroid dienone is 1. The highest BCUT2D eigenvalue weighted by atomic mass is 16.5. The van der Waals surface area contributed by atoms with Crippen molar-refractivity contribution in [3.63, 3.8) is 0 Å². The summed E-state index contributed by atoms with van der Waals surface area (Å²) in [7, 11) is 1.65. The van der Waals surface area contributed by atoms with Crippen LogP contribution in [0.1, 0.15) is 59.6 Å². The van der Waals surface area contributed by atoms with Gasteiger partial charge in [-0.1, -0.05) is 67.6 Å². The zero-order chi connectivity index (χ0) is 29.1. The number of rotatable bonds is 7. The Morgan fingerprint density at radius 3 is 2.36 bits per heavy atom. The molecule has 0 radical (unpaired) electrons. The van der Waals surface area contributed by atoms with Crippen LogP contribution in [0.3, 0.4) is 0 Å². The molecule has 0 fully saturated rings. The molecule has 0 unspecified atom stereocenters. The van der Waals surface area contributed by atoms with E-state index in [1.165, 1.54) is 0 Å². The lowest BCUT2D eigenvalue weighted by Crippen LogP contribution is -2.38. The molecule has 0 spiro atoms. The third-order valence-corrected chi connectivity index (χ3v) is 7.99. The number of nitrogens with zero attached hydrogens (tertiary/aromatic N) is 1. The van der Waals surface area contributed by atoms with E-state index in [0.717, 1.165) is 34.7 Å². The number of Topliss-reactive ketones (excluding diaryl/α,β-unsaturated/α-hetero) is 1. The first kappa shape index (κ1) is 27.3. The topological polar surface area (TPSA) is 67.9 Å². The summed E-state index contributed by atoms with van der Waals surface area (Å²) < 4.78 is 11.6. The molecule has 0 aromatic heterocycles. The number of methoxy groups -OCH3 is 1. The maximum absolute atomic E-state index is 14.5. The first-order chi connectivity index (χ1) is 20.6. The molecule has 1 aliphatic heterocycles. The fourth-order valence-electron chi connectivity index (χ4n) is 5.99. The van der Waals surface area contributed by atoms with Gasteiger partial charge in [-0.05, 0) is 66.8 Å². The Hall–Kier alpha value is -4.84. The van der Waals surface area contributed by atoms with Gasteiger partial charge in [0.1, 0.15) is 11.5 Å². The molecule has 1 heterocycles. The molecular weight excluding hydrogens is 524 g/mol. The van der Waals surface area contributed by atoms with Crippen LogP contribution in [-0.4, -0.2) is 25.4 Å². The SMILES string of the molecule is CCCOc1ccccc1[C@H]1C2=C(C[C@H](c3ccc(OC)cc3)CC2=O)Nc2ccccc2N1C(=O)c1ccccc1. The summed E-state index contributed by atoms with van der Waals surface area (Å²) in [5.41, 5.74) is 5.35. The Kier molecular flexibility index (Phi) is 7.78.